The molecule has 1 atom stereocenters. The summed E-state index contributed by atoms with van der Waals surface area (Å²) in [6, 6.07) is 17.1. The van der Waals surface area contributed by atoms with Crippen molar-refractivity contribution in [1.82, 2.24) is 15.6 Å². The second-order valence-electron chi connectivity index (χ2n) is 6.69. The number of carbonyl (C=O) groups is 1. The van der Waals surface area contributed by atoms with E-state index in [0.29, 0.717) is 28.6 Å². The third-order valence-corrected chi connectivity index (χ3v) is 5.04. The summed E-state index contributed by atoms with van der Waals surface area (Å²) in [5, 5.41) is 6.83. The molecule has 5 nitrogen and oxygen atoms in total. The van der Waals surface area contributed by atoms with Gasteiger partial charge in [-0.15, -0.1) is 0 Å². The van der Waals surface area contributed by atoms with Crippen LogP contribution < -0.4 is 15.4 Å². The maximum absolute atomic E-state index is 12.5. The monoisotopic (exact) mass is 393 g/mol. The molecule has 3 aromatic rings. The number of nitrogens with zero attached hydrogens (tertiary/aromatic N) is 1. The van der Waals surface area contributed by atoms with Gasteiger partial charge in [0.05, 0.1) is 5.02 Å². The third kappa shape index (κ3) is 4.32. The Balaban J connectivity index is 1.35. The zero-order valence-electron chi connectivity index (χ0n) is 15.2. The molecule has 0 radical (unpaired) electrons. The molecule has 0 bridgehead atoms. The van der Waals surface area contributed by atoms with Crippen molar-refractivity contribution >= 4 is 17.5 Å². The van der Waals surface area contributed by atoms with Crippen LogP contribution in [0.4, 0.5) is 0 Å². The number of pyridine rings is 1. The van der Waals surface area contributed by atoms with Gasteiger partial charge < -0.3 is 15.4 Å². The zero-order chi connectivity index (χ0) is 19.3. The van der Waals surface area contributed by atoms with Crippen LogP contribution in [0.2, 0.25) is 5.02 Å². The van der Waals surface area contributed by atoms with E-state index in [1.165, 1.54) is 11.1 Å². The smallest absolute Gasteiger partial charge is 0.251 e. The molecule has 1 aliphatic rings. The Kier molecular flexibility index (Phi) is 5.55. The molecular weight excluding hydrogens is 374 g/mol. The lowest BCUT2D eigenvalue weighted by atomic mass is 9.96. The molecule has 2 N–H and O–H groups in total. The van der Waals surface area contributed by atoms with Crippen LogP contribution in [-0.2, 0) is 13.0 Å². The Labute approximate surface area is 168 Å². The first-order valence-electron chi connectivity index (χ1n) is 9.15. The van der Waals surface area contributed by atoms with Gasteiger partial charge in [0, 0.05) is 37.1 Å². The summed E-state index contributed by atoms with van der Waals surface area (Å²) in [5.41, 5.74) is 3.16. The molecule has 0 aliphatic carbocycles. The van der Waals surface area contributed by atoms with E-state index >= 15 is 0 Å². The lowest BCUT2D eigenvalue weighted by Crippen LogP contribution is -2.44. The number of halogens is 1. The first-order chi connectivity index (χ1) is 13.7. The van der Waals surface area contributed by atoms with Crippen LogP contribution in [0.25, 0.3) is 0 Å². The lowest BCUT2D eigenvalue weighted by Gasteiger charge is -2.26. The molecule has 6 heteroatoms. The minimum Gasteiger partial charge on any atom is -0.456 e. The van der Waals surface area contributed by atoms with Gasteiger partial charge in [-0.1, -0.05) is 35.9 Å². The van der Waals surface area contributed by atoms with Gasteiger partial charge in [0.1, 0.15) is 11.5 Å². The van der Waals surface area contributed by atoms with E-state index in [1.54, 1.807) is 42.7 Å². The summed E-state index contributed by atoms with van der Waals surface area (Å²) < 4.78 is 5.72. The fourth-order valence-corrected chi connectivity index (χ4v) is 3.46. The molecule has 2 aromatic carbocycles. The second kappa shape index (κ2) is 8.42. The molecule has 2 heterocycles. The predicted octanol–water partition coefficient (Wildman–Crippen LogP) is 3.97. The minimum absolute atomic E-state index is 0.155. The van der Waals surface area contributed by atoms with E-state index in [4.69, 9.17) is 16.3 Å². The third-order valence-electron chi connectivity index (χ3n) is 4.75. The number of aromatic nitrogens is 1. The van der Waals surface area contributed by atoms with Crippen molar-refractivity contribution in [2.75, 3.05) is 6.54 Å². The Morgan fingerprint density at radius 2 is 1.93 bits per heavy atom. The van der Waals surface area contributed by atoms with E-state index < -0.39 is 0 Å². The van der Waals surface area contributed by atoms with Gasteiger partial charge in [0.25, 0.3) is 5.91 Å². The normalized spacial score (nSPS) is 15.5. The van der Waals surface area contributed by atoms with Crippen LogP contribution in [0.1, 0.15) is 21.5 Å². The number of benzene rings is 2. The van der Waals surface area contributed by atoms with Gasteiger partial charge in [0.2, 0.25) is 0 Å². The molecule has 142 valence electrons. The van der Waals surface area contributed by atoms with Crippen LogP contribution in [0.15, 0.2) is 67.0 Å². The first-order valence-corrected chi connectivity index (χ1v) is 9.52. The number of rotatable bonds is 5. The average molecular weight is 394 g/mol. The predicted molar refractivity (Wildman–Crippen MR) is 109 cm³/mol. The highest BCUT2D eigenvalue weighted by Crippen LogP contribution is 2.29. The number of hydrogen-bond donors (Lipinski definition) is 2. The molecule has 0 saturated carbocycles. The molecule has 4 rings (SSSR count). The van der Waals surface area contributed by atoms with Crippen LogP contribution in [-0.4, -0.2) is 23.5 Å². The number of fused-ring (bicyclic) bond motifs is 1. The highest BCUT2D eigenvalue weighted by Gasteiger charge is 2.18. The van der Waals surface area contributed by atoms with E-state index in [0.717, 1.165) is 13.0 Å². The highest BCUT2D eigenvalue weighted by atomic mass is 35.5. The topological polar surface area (TPSA) is 63.2 Å². The highest BCUT2D eigenvalue weighted by molar-refractivity contribution is 6.32. The molecule has 1 unspecified atom stereocenters. The Hall–Kier alpha value is -2.89. The fourth-order valence-electron chi connectivity index (χ4n) is 3.24. The minimum atomic E-state index is -0.155. The van der Waals surface area contributed by atoms with Crippen molar-refractivity contribution < 1.29 is 9.53 Å². The van der Waals surface area contributed by atoms with Crippen LogP contribution in [0.5, 0.6) is 11.5 Å². The Morgan fingerprint density at radius 1 is 1.14 bits per heavy atom. The van der Waals surface area contributed by atoms with Gasteiger partial charge in [-0.05, 0) is 47.9 Å². The first kappa shape index (κ1) is 18.5. The molecule has 1 amide bonds. The maximum atomic E-state index is 12.5. The van der Waals surface area contributed by atoms with Gasteiger partial charge in [-0.3, -0.25) is 9.78 Å². The van der Waals surface area contributed by atoms with Gasteiger partial charge in [-0.2, -0.15) is 0 Å². The van der Waals surface area contributed by atoms with Crippen LogP contribution in [0, 0.1) is 0 Å². The van der Waals surface area contributed by atoms with E-state index in [-0.39, 0.29) is 11.9 Å². The van der Waals surface area contributed by atoms with Crippen LogP contribution in [0.3, 0.4) is 0 Å². The van der Waals surface area contributed by atoms with Crippen molar-refractivity contribution in [2.45, 2.75) is 19.0 Å². The van der Waals surface area contributed by atoms with E-state index in [2.05, 4.69) is 39.9 Å². The summed E-state index contributed by atoms with van der Waals surface area (Å²) in [5.74, 6) is 0.978. The van der Waals surface area contributed by atoms with Gasteiger partial charge in [0.15, 0.2) is 0 Å². The summed E-state index contributed by atoms with van der Waals surface area (Å²) in [7, 11) is 0. The van der Waals surface area contributed by atoms with E-state index in [1.807, 2.05) is 0 Å². The number of amides is 1. The number of ether oxygens (including phenoxy) is 1. The van der Waals surface area contributed by atoms with Crippen molar-refractivity contribution in [3.05, 3.63) is 88.7 Å². The van der Waals surface area contributed by atoms with Crippen molar-refractivity contribution in [3.8, 4) is 11.5 Å². The van der Waals surface area contributed by atoms with Gasteiger partial charge in [-0.25, -0.2) is 0 Å². The number of hydrogen-bond acceptors (Lipinski definition) is 4. The summed E-state index contributed by atoms with van der Waals surface area (Å²) >= 11 is 6.30. The zero-order valence-corrected chi connectivity index (χ0v) is 15.9. The number of carbonyl (C=O) groups excluding carboxylic acids is 1. The molecule has 1 aromatic heterocycles. The average Bonchev–Trinajstić information content (AvgIpc) is 2.74. The quantitative estimate of drug-likeness (QED) is 0.688. The van der Waals surface area contributed by atoms with E-state index in [9.17, 15) is 4.79 Å². The molecule has 28 heavy (non-hydrogen) atoms. The van der Waals surface area contributed by atoms with Gasteiger partial charge >= 0.3 is 0 Å². The SMILES string of the molecule is O=C(NCC1Cc2ccccc2CN1)c1ccc(Oc2ccncc2)c(Cl)c1. The summed E-state index contributed by atoms with van der Waals surface area (Å²) in [6.07, 6.45) is 4.18. The maximum Gasteiger partial charge on any atom is 0.251 e. The molecule has 0 spiro atoms. The summed E-state index contributed by atoms with van der Waals surface area (Å²) in [6.45, 7) is 1.38. The Bertz CT molecular complexity index is 979. The lowest BCUT2D eigenvalue weighted by molar-refractivity contribution is 0.0949. The van der Waals surface area contributed by atoms with Crippen molar-refractivity contribution in [3.63, 3.8) is 0 Å². The van der Waals surface area contributed by atoms with Crippen LogP contribution >= 0.6 is 11.6 Å². The van der Waals surface area contributed by atoms with Crippen molar-refractivity contribution in [1.29, 1.82) is 0 Å². The Morgan fingerprint density at radius 3 is 2.71 bits per heavy atom. The largest absolute Gasteiger partial charge is 0.456 e. The molecule has 0 fully saturated rings. The standard InChI is InChI=1S/C22H20ClN3O2/c23-20-12-16(5-6-21(20)28-19-7-9-24-10-8-19)22(27)26-14-18-11-15-3-1-2-4-17(15)13-25-18/h1-10,12,18,25H,11,13-14H2,(H,26,27). The van der Waals surface area contributed by atoms with Crippen molar-refractivity contribution in [2.24, 2.45) is 0 Å². The molecule has 1 aliphatic heterocycles. The molecular formula is C22H20ClN3O2. The summed E-state index contributed by atoms with van der Waals surface area (Å²) in [4.78, 5) is 16.5. The second-order valence-corrected chi connectivity index (χ2v) is 7.10. The molecule has 0 saturated heterocycles. The number of nitrogens with one attached hydrogen (secondary N) is 2. The fraction of sp³-hybridized carbons (Fsp3) is 0.182.